The Bertz CT molecular complexity index is 1260. The van der Waals surface area contributed by atoms with Gasteiger partial charge in [0.05, 0.1) is 30.0 Å². The van der Waals surface area contributed by atoms with Crippen molar-refractivity contribution in [3.63, 3.8) is 0 Å². The summed E-state index contributed by atoms with van der Waals surface area (Å²) in [6.45, 7) is 7.26. The highest BCUT2D eigenvalue weighted by molar-refractivity contribution is 6.30. The summed E-state index contributed by atoms with van der Waals surface area (Å²) in [6, 6.07) is 21.2. The predicted octanol–water partition coefficient (Wildman–Crippen LogP) is 5.81. The highest BCUT2D eigenvalue weighted by Crippen LogP contribution is 2.22. The molecular weight excluding hydrogens is 434 g/mol. The first-order chi connectivity index (χ1) is 15.9. The van der Waals surface area contributed by atoms with E-state index in [2.05, 4.69) is 35.9 Å². The van der Waals surface area contributed by atoms with Gasteiger partial charge in [-0.15, -0.1) is 0 Å². The summed E-state index contributed by atoms with van der Waals surface area (Å²) in [7, 11) is 0. The van der Waals surface area contributed by atoms with E-state index in [1.165, 1.54) is 11.1 Å². The summed E-state index contributed by atoms with van der Waals surface area (Å²) in [5.74, 6) is 1.60. The molecule has 1 atom stereocenters. The van der Waals surface area contributed by atoms with Crippen LogP contribution in [0.25, 0.3) is 11.0 Å². The van der Waals surface area contributed by atoms with Gasteiger partial charge in [0.1, 0.15) is 18.2 Å². The largest absolute Gasteiger partial charge is 0.492 e. The van der Waals surface area contributed by atoms with Crippen LogP contribution in [0.1, 0.15) is 35.5 Å². The van der Waals surface area contributed by atoms with Crippen LogP contribution >= 0.6 is 11.6 Å². The molecule has 3 aromatic carbocycles. The van der Waals surface area contributed by atoms with E-state index in [4.69, 9.17) is 21.3 Å². The molecule has 0 saturated heterocycles. The van der Waals surface area contributed by atoms with Crippen LogP contribution in [0.4, 0.5) is 0 Å². The lowest BCUT2D eigenvalue weighted by Gasteiger charge is -2.17. The van der Waals surface area contributed by atoms with Gasteiger partial charge < -0.3 is 14.6 Å². The third kappa shape index (κ3) is 5.55. The van der Waals surface area contributed by atoms with E-state index < -0.39 is 0 Å². The van der Waals surface area contributed by atoms with Gasteiger partial charge in [0.15, 0.2) is 0 Å². The Morgan fingerprint density at radius 1 is 1.06 bits per heavy atom. The maximum atomic E-state index is 12.7. The van der Waals surface area contributed by atoms with Crippen molar-refractivity contribution in [2.24, 2.45) is 0 Å². The van der Waals surface area contributed by atoms with E-state index in [0.717, 1.165) is 28.2 Å². The van der Waals surface area contributed by atoms with Crippen molar-refractivity contribution in [1.82, 2.24) is 14.9 Å². The number of para-hydroxylation sites is 2. The normalized spacial score (nSPS) is 12.0. The van der Waals surface area contributed by atoms with Crippen LogP contribution in [-0.4, -0.2) is 22.1 Å². The van der Waals surface area contributed by atoms with Crippen LogP contribution in [-0.2, 0) is 17.8 Å². The second-order valence-corrected chi connectivity index (χ2v) is 8.73. The van der Waals surface area contributed by atoms with Crippen LogP contribution < -0.4 is 10.1 Å². The fraction of sp³-hybridized carbons (Fsp3) is 0.259. The van der Waals surface area contributed by atoms with Gasteiger partial charge in [-0.3, -0.25) is 4.79 Å². The maximum Gasteiger partial charge on any atom is 0.224 e. The number of rotatable bonds is 8. The van der Waals surface area contributed by atoms with Crippen LogP contribution in [0.15, 0.2) is 66.7 Å². The number of halogens is 1. The molecule has 170 valence electrons. The predicted molar refractivity (Wildman–Crippen MR) is 133 cm³/mol. The molecular formula is C27H28ClN3O2. The van der Waals surface area contributed by atoms with Crippen LogP contribution in [0.5, 0.6) is 5.75 Å². The number of hydrogen-bond donors (Lipinski definition) is 1. The number of carbonyl (C=O) groups is 1. The fourth-order valence-corrected chi connectivity index (χ4v) is 3.99. The molecule has 6 heteroatoms. The highest BCUT2D eigenvalue weighted by Gasteiger charge is 2.18. The quantitative estimate of drug-likeness (QED) is 0.360. The molecule has 0 spiro atoms. The van der Waals surface area contributed by atoms with E-state index in [0.29, 0.717) is 18.2 Å². The standard InChI is InChI=1S/C27H28ClN3O2/c1-18-8-13-23(16-19(18)2)33-15-14-31-25-7-5-4-6-24(25)30-27(31)20(3)29-26(32)17-21-9-11-22(28)12-10-21/h4-13,16,20H,14-15,17H2,1-3H3,(H,29,32). The molecule has 0 aliphatic heterocycles. The van der Waals surface area contributed by atoms with Gasteiger partial charge in [0, 0.05) is 5.02 Å². The van der Waals surface area contributed by atoms with Crippen molar-refractivity contribution < 1.29 is 9.53 Å². The molecule has 4 aromatic rings. The SMILES string of the molecule is Cc1ccc(OCCn2c(C(C)NC(=O)Cc3ccc(Cl)cc3)nc3ccccc32)cc1C. The molecule has 0 bridgehead atoms. The van der Waals surface area contributed by atoms with Crippen molar-refractivity contribution >= 4 is 28.5 Å². The molecule has 0 fully saturated rings. The highest BCUT2D eigenvalue weighted by atomic mass is 35.5. The van der Waals surface area contributed by atoms with Crippen molar-refractivity contribution in [3.05, 3.63) is 94.3 Å². The molecule has 1 amide bonds. The summed E-state index contributed by atoms with van der Waals surface area (Å²) < 4.78 is 8.15. The average Bonchev–Trinajstić information content (AvgIpc) is 3.16. The second kappa shape index (κ2) is 10.1. The van der Waals surface area contributed by atoms with E-state index >= 15 is 0 Å². The molecule has 0 aliphatic rings. The lowest BCUT2D eigenvalue weighted by Crippen LogP contribution is -2.30. The Hall–Kier alpha value is -3.31. The Kier molecular flexibility index (Phi) is 6.99. The minimum atomic E-state index is -0.251. The lowest BCUT2D eigenvalue weighted by molar-refractivity contribution is -0.121. The molecule has 33 heavy (non-hydrogen) atoms. The minimum absolute atomic E-state index is 0.0604. The average molecular weight is 462 g/mol. The number of aryl methyl sites for hydroxylation is 2. The van der Waals surface area contributed by atoms with E-state index in [1.807, 2.05) is 49.4 Å². The third-order valence-corrected chi connectivity index (χ3v) is 6.04. The molecule has 1 unspecified atom stereocenters. The molecule has 0 aliphatic carbocycles. The summed E-state index contributed by atoms with van der Waals surface area (Å²) in [5, 5.41) is 3.74. The van der Waals surface area contributed by atoms with E-state index in [9.17, 15) is 4.79 Å². The lowest BCUT2D eigenvalue weighted by atomic mass is 10.1. The van der Waals surface area contributed by atoms with Crippen LogP contribution in [0, 0.1) is 13.8 Å². The fourth-order valence-electron chi connectivity index (χ4n) is 3.86. The summed E-state index contributed by atoms with van der Waals surface area (Å²) >= 11 is 5.94. The van der Waals surface area contributed by atoms with Gasteiger partial charge in [-0.2, -0.15) is 0 Å². The first-order valence-electron chi connectivity index (χ1n) is 11.1. The number of nitrogens with one attached hydrogen (secondary N) is 1. The Balaban J connectivity index is 1.48. The Morgan fingerprint density at radius 3 is 2.58 bits per heavy atom. The van der Waals surface area contributed by atoms with Gasteiger partial charge >= 0.3 is 0 Å². The number of nitrogens with zero attached hydrogens (tertiary/aromatic N) is 2. The number of imidazole rings is 1. The number of carbonyl (C=O) groups excluding carboxylic acids is 1. The molecule has 5 nitrogen and oxygen atoms in total. The van der Waals surface area contributed by atoms with Gasteiger partial charge in [-0.05, 0) is 73.9 Å². The number of aromatic nitrogens is 2. The van der Waals surface area contributed by atoms with Gasteiger partial charge in [-0.1, -0.05) is 41.9 Å². The number of ether oxygens (including phenoxy) is 1. The molecule has 1 heterocycles. The topological polar surface area (TPSA) is 56.1 Å². The maximum absolute atomic E-state index is 12.7. The van der Waals surface area contributed by atoms with Gasteiger partial charge in [0.2, 0.25) is 5.91 Å². The minimum Gasteiger partial charge on any atom is -0.492 e. The number of hydrogen-bond acceptors (Lipinski definition) is 3. The van der Waals surface area contributed by atoms with Crippen molar-refractivity contribution in [1.29, 1.82) is 0 Å². The van der Waals surface area contributed by atoms with Crippen molar-refractivity contribution in [3.8, 4) is 5.75 Å². The first-order valence-corrected chi connectivity index (χ1v) is 11.5. The van der Waals surface area contributed by atoms with Gasteiger partial charge in [0.25, 0.3) is 0 Å². The second-order valence-electron chi connectivity index (χ2n) is 8.30. The number of fused-ring (bicyclic) bond motifs is 1. The van der Waals surface area contributed by atoms with Crippen molar-refractivity contribution in [2.45, 2.75) is 39.8 Å². The summed E-state index contributed by atoms with van der Waals surface area (Å²) in [5.41, 5.74) is 5.29. The molecule has 0 saturated carbocycles. The van der Waals surface area contributed by atoms with Crippen LogP contribution in [0.3, 0.4) is 0 Å². The Morgan fingerprint density at radius 2 is 1.82 bits per heavy atom. The molecule has 1 N–H and O–H groups in total. The van der Waals surface area contributed by atoms with E-state index in [1.54, 1.807) is 12.1 Å². The zero-order valence-electron chi connectivity index (χ0n) is 19.1. The molecule has 4 rings (SSSR count). The molecule has 0 radical (unpaired) electrons. The summed E-state index contributed by atoms with van der Waals surface area (Å²) in [4.78, 5) is 17.5. The zero-order valence-corrected chi connectivity index (χ0v) is 19.9. The zero-order chi connectivity index (χ0) is 23.4. The van der Waals surface area contributed by atoms with Crippen molar-refractivity contribution in [2.75, 3.05) is 6.61 Å². The molecule has 1 aromatic heterocycles. The Labute approximate surface area is 199 Å². The first kappa shape index (κ1) is 22.9. The van der Waals surface area contributed by atoms with Gasteiger partial charge in [-0.25, -0.2) is 4.98 Å². The number of benzene rings is 3. The third-order valence-electron chi connectivity index (χ3n) is 5.79. The summed E-state index contributed by atoms with van der Waals surface area (Å²) in [6.07, 6.45) is 0.289. The smallest absolute Gasteiger partial charge is 0.224 e. The van der Waals surface area contributed by atoms with Crippen LogP contribution in [0.2, 0.25) is 5.02 Å². The number of amides is 1. The monoisotopic (exact) mass is 461 g/mol. The van der Waals surface area contributed by atoms with E-state index in [-0.39, 0.29) is 18.4 Å².